The number of halogens is 2. The monoisotopic (exact) mass is 596 g/mol. The molecule has 0 unspecified atom stereocenters. The average molecular weight is 598 g/mol. The SMILES string of the molecule is NS(=O)(=O)c1cc(S(=O)(=O)N(c2cccc(Br)n2)c2cccc(Br)n2)c2ccccc2c1. The van der Waals surface area contributed by atoms with Gasteiger partial charge in [-0.15, -0.1) is 0 Å². The highest BCUT2D eigenvalue weighted by atomic mass is 79.9. The number of fused-ring (bicyclic) bond motifs is 1. The molecule has 164 valence electrons. The number of anilines is 2. The molecule has 0 aliphatic heterocycles. The molecule has 4 rings (SSSR count). The van der Waals surface area contributed by atoms with Crippen LogP contribution in [0.1, 0.15) is 0 Å². The number of rotatable bonds is 5. The van der Waals surface area contributed by atoms with E-state index in [1.807, 2.05) is 0 Å². The quantitative estimate of drug-likeness (QED) is 0.342. The minimum Gasteiger partial charge on any atom is -0.225 e. The maximum Gasteiger partial charge on any atom is 0.271 e. The summed E-state index contributed by atoms with van der Waals surface area (Å²) in [7, 11) is -8.58. The third-order valence-corrected chi connectivity index (χ3v) is 7.99. The normalized spacial score (nSPS) is 12.1. The van der Waals surface area contributed by atoms with Crippen LogP contribution in [0.3, 0.4) is 0 Å². The van der Waals surface area contributed by atoms with Crippen molar-refractivity contribution in [3.8, 4) is 0 Å². The third-order valence-electron chi connectivity index (χ3n) is 4.46. The van der Waals surface area contributed by atoms with Gasteiger partial charge < -0.3 is 0 Å². The van der Waals surface area contributed by atoms with Crippen LogP contribution in [0, 0.1) is 0 Å². The van der Waals surface area contributed by atoms with Gasteiger partial charge in [0.25, 0.3) is 10.0 Å². The summed E-state index contributed by atoms with van der Waals surface area (Å²) in [4.78, 5) is 8.01. The lowest BCUT2D eigenvalue weighted by Crippen LogP contribution is -2.28. The Morgan fingerprint density at radius 2 is 1.31 bits per heavy atom. The zero-order valence-electron chi connectivity index (χ0n) is 16.1. The van der Waals surface area contributed by atoms with E-state index in [4.69, 9.17) is 5.14 Å². The molecular weight excluding hydrogens is 584 g/mol. The number of pyridine rings is 2. The fourth-order valence-electron chi connectivity index (χ4n) is 3.11. The highest BCUT2D eigenvalue weighted by Gasteiger charge is 2.32. The topological polar surface area (TPSA) is 123 Å². The van der Waals surface area contributed by atoms with E-state index in [9.17, 15) is 16.8 Å². The Bertz CT molecular complexity index is 1520. The first kappa shape index (κ1) is 22.8. The van der Waals surface area contributed by atoms with E-state index < -0.39 is 20.0 Å². The zero-order chi connectivity index (χ0) is 23.1. The minimum atomic E-state index is -4.40. The number of benzene rings is 2. The Hall–Kier alpha value is -2.38. The molecule has 0 aliphatic rings. The number of aromatic nitrogens is 2. The largest absolute Gasteiger partial charge is 0.271 e. The summed E-state index contributed by atoms with van der Waals surface area (Å²) in [5.41, 5.74) is 0. The van der Waals surface area contributed by atoms with Gasteiger partial charge in [-0.25, -0.2) is 36.2 Å². The molecule has 32 heavy (non-hydrogen) atoms. The number of hydrogen-bond donors (Lipinski definition) is 1. The Kier molecular flexibility index (Phi) is 6.07. The summed E-state index contributed by atoms with van der Waals surface area (Å²) >= 11 is 6.52. The molecule has 0 amide bonds. The molecule has 2 N–H and O–H groups in total. The lowest BCUT2D eigenvalue weighted by atomic mass is 10.1. The van der Waals surface area contributed by atoms with Crippen molar-refractivity contribution in [2.45, 2.75) is 9.79 Å². The van der Waals surface area contributed by atoms with Gasteiger partial charge in [-0.05, 0) is 73.6 Å². The Balaban J connectivity index is 2.07. The van der Waals surface area contributed by atoms with Gasteiger partial charge in [-0.3, -0.25) is 0 Å². The van der Waals surface area contributed by atoms with Crippen LogP contribution < -0.4 is 9.44 Å². The van der Waals surface area contributed by atoms with Crippen molar-refractivity contribution in [1.82, 2.24) is 9.97 Å². The molecule has 0 saturated heterocycles. The standard InChI is InChI=1S/C20H14Br2N4O4S2/c21-17-7-3-9-19(24-17)26(20-10-4-8-18(22)25-20)32(29,30)16-12-14(31(23,27)28)11-13-5-1-2-6-15(13)16/h1-12H,(H2,23,27,28). The molecule has 2 aromatic carbocycles. The first-order valence-corrected chi connectivity index (χ1v) is 13.5. The van der Waals surface area contributed by atoms with E-state index in [1.165, 1.54) is 18.2 Å². The van der Waals surface area contributed by atoms with E-state index >= 15 is 0 Å². The van der Waals surface area contributed by atoms with Crippen LogP contribution >= 0.6 is 31.9 Å². The van der Waals surface area contributed by atoms with E-state index in [-0.39, 0.29) is 21.4 Å². The summed E-state index contributed by atoms with van der Waals surface area (Å²) in [6, 6.07) is 18.5. The van der Waals surface area contributed by atoms with Crippen LogP contribution in [0.15, 0.2) is 91.8 Å². The van der Waals surface area contributed by atoms with Gasteiger partial charge in [0.1, 0.15) is 20.8 Å². The van der Waals surface area contributed by atoms with Crippen LogP contribution in [0.4, 0.5) is 11.6 Å². The van der Waals surface area contributed by atoms with Crippen molar-refractivity contribution in [3.63, 3.8) is 0 Å². The molecular formula is C20H14Br2N4O4S2. The predicted octanol–water partition coefficient (Wildman–Crippen LogP) is 4.33. The van der Waals surface area contributed by atoms with Crippen molar-refractivity contribution >= 4 is 74.3 Å². The minimum absolute atomic E-state index is 0.0649. The molecule has 8 nitrogen and oxygen atoms in total. The maximum atomic E-state index is 14.0. The van der Waals surface area contributed by atoms with E-state index in [0.717, 1.165) is 10.4 Å². The van der Waals surface area contributed by atoms with Gasteiger partial charge >= 0.3 is 0 Å². The molecule has 0 fully saturated rings. The van der Waals surface area contributed by atoms with Gasteiger partial charge in [0.05, 0.1) is 9.79 Å². The second kappa shape index (κ2) is 8.52. The Morgan fingerprint density at radius 3 is 1.84 bits per heavy atom. The van der Waals surface area contributed by atoms with Crippen LogP contribution in [0.5, 0.6) is 0 Å². The number of hydrogen-bond acceptors (Lipinski definition) is 6. The molecule has 0 aliphatic carbocycles. The Morgan fingerprint density at radius 1 is 0.750 bits per heavy atom. The number of primary sulfonamides is 1. The first-order chi connectivity index (χ1) is 15.1. The number of sulfonamides is 2. The van der Waals surface area contributed by atoms with Crippen LogP contribution in [0.25, 0.3) is 10.8 Å². The van der Waals surface area contributed by atoms with Crippen LogP contribution in [-0.4, -0.2) is 26.8 Å². The van der Waals surface area contributed by atoms with Crippen LogP contribution in [-0.2, 0) is 20.0 Å². The summed E-state index contributed by atoms with van der Waals surface area (Å²) in [6.45, 7) is 0. The molecule has 4 aromatic rings. The average Bonchev–Trinajstić information content (AvgIpc) is 2.72. The number of nitrogens with two attached hydrogens (primary N) is 1. The molecule has 0 bridgehead atoms. The number of nitrogens with zero attached hydrogens (tertiary/aromatic N) is 3. The summed E-state index contributed by atoms with van der Waals surface area (Å²) < 4.78 is 54.0. The van der Waals surface area contributed by atoms with E-state index in [1.54, 1.807) is 48.5 Å². The lowest BCUT2D eigenvalue weighted by Gasteiger charge is -2.24. The smallest absolute Gasteiger partial charge is 0.225 e. The van der Waals surface area contributed by atoms with Crippen molar-refractivity contribution in [3.05, 3.63) is 82.0 Å². The molecule has 12 heteroatoms. The third kappa shape index (κ3) is 4.41. The molecule has 0 radical (unpaired) electrons. The second-order valence-corrected chi connectivity index (χ2v) is 11.5. The molecule has 2 heterocycles. The molecule has 0 atom stereocenters. The Labute approximate surface area is 201 Å². The van der Waals surface area contributed by atoms with E-state index in [0.29, 0.717) is 20.0 Å². The highest BCUT2D eigenvalue weighted by molar-refractivity contribution is 9.10. The molecule has 0 saturated carbocycles. The van der Waals surface area contributed by atoms with Crippen molar-refractivity contribution in [2.24, 2.45) is 5.14 Å². The summed E-state index contributed by atoms with van der Waals surface area (Å²) in [5.74, 6) is 0.130. The predicted molar refractivity (Wildman–Crippen MR) is 129 cm³/mol. The first-order valence-electron chi connectivity index (χ1n) is 8.93. The van der Waals surface area contributed by atoms with Crippen molar-refractivity contribution in [1.29, 1.82) is 0 Å². The maximum absolute atomic E-state index is 14.0. The summed E-state index contributed by atoms with van der Waals surface area (Å²) in [6.07, 6.45) is 0. The highest BCUT2D eigenvalue weighted by Crippen LogP contribution is 2.35. The van der Waals surface area contributed by atoms with E-state index in [2.05, 4.69) is 41.8 Å². The van der Waals surface area contributed by atoms with Gasteiger partial charge in [-0.2, -0.15) is 0 Å². The lowest BCUT2D eigenvalue weighted by molar-refractivity contribution is 0.595. The zero-order valence-corrected chi connectivity index (χ0v) is 20.9. The van der Waals surface area contributed by atoms with Crippen molar-refractivity contribution < 1.29 is 16.8 Å². The van der Waals surface area contributed by atoms with Crippen molar-refractivity contribution in [2.75, 3.05) is 4.31 Å². The summed E-state index contributed by atoms with van der Waals surface area (Å²) in [5, 5.41) is 6.06. The van der Waals surface area contributed by atoms with Gasteiger partial charge in [0, 0.05) is 5.39 Å². The molecule has 0 spiro atoms. The second-order valence-electron chi connectivity index (χ2n) is 6.59. The van der Waals surface area contributed by atoms with Crippen LogP contribution in [0.2, 0.25) is 0 Å². The van der Waals surface area contributed by atoms with Gasteiger partial charge in [0.15, 0.2) is 0 Å². The fourth-order valence-corrected chi connectivity index (χ4v) is 6.06. The molecule has 2 aromatic heterocycles. The van der Waals surface area contributed by atoms with Gasteiger partial charge in [-0.1, -0.05) is 36.4 Å². The van der Waals surface area contributed by atoms with Gasteiger partial charge in [0.2, 0.25) is 10.0 Å². The fraction of sp³-hybridized carbons (Fsp3) is 0.